The van der Waals surface area contributed by atoms with Crippen LogP contribution in [0.1, 0.15) is 54.9 Å². The van der Waals surface area contributed by atoms with Crippen LogP contribution in [0.3, 0.4) is 0 Å². The summed E-state index contributed by atoms with van der Waals surface area (Å²) in [6.07, 6.45) is 6.07. The van der Waals surface area contributed by atoms with Crippen molar-refractivity contribution in [3.05, 3.63) is 36.5 Å². The van der Waals surface area contributed by atoms with Crippen molar-refractivity contribution in [3.8, 4) is 0 Å². The molecule has 6 nitrogen and oxygen atoms in total. The van der Waals surface area contributed by atoms with Gasteiger partial charge >= 0.3 is 11.9 Å². The molecule has 0 amide bonds. The van der Waals surface area contributed by atoms with E-state index < -0.39 is 29.3 Å². The Balaban J connectivity index is 2.77. The standard InChI is InChI=1S/C23H36O6/c1-9-16(2)11-10-14-26-19-13-12-17(29-21(25)23(6,7)8)18(28-19)15-27-20(24)22(3,4)5/h9,11-13,17-19H,1,10,14-15H2,2-8H3/b16-11+/t17-,18+,19-/m0/s1. The monoisotopic (exact) mass is 408 g/mol. The molecule has 0 aromatic heterocycles. The topological polar surface area (TPSA) is 71.1 Å². The van der Waals surface area contributed by atoms with Crippen molar-refractivity contribution in [2.75, 3.05) is 13.2 Å². The zero-order valence-corrected chi connectivity index (χ0v) is 18.8. The summed E-state index contributed by atoms with van der Waals surface area (Å²) in [4.78, 5) is 24.4. The number of rotatable bonds is 8. The first-order valence-electron chi connectivity index (χ1n) is 9.97. The van der Waals surface area contributed by atoms with Gasteiger partial charge in [-0.1, -0.05) is 24.3 Å². The van der Waals surface area contributed by atoms with Gasteiger partial charge in [0.15, 0.2) is 6.29 Å². The summed E-state index contributed by atoms with van der Waals surface area (Å²) in [5.41, 5.74) is -0.203. The van der Waals surface area contributed by atoms with E-state index >= 15 is 0 Å². The molecular formula is C23H36O6. The molecule has 0 saturated heterocycles. The van der Waals surface area contributed by atoms with E-state index in [4.69, 9.17) is 18.9 Å². The summed E-state index contributed by atoms with van der Waals surface area (Å²) in [7, 11) is 0. The molecule has 29 heavy (non-hydrogen) atoms. The molecule has 3 atom stereocenters. The van der Waals surface area contributed by atoms with Crippen LogP contribution in [0, 0.1) is 10.8 Å². The molecule has 1 heterocycles. The van der Waals surface area contributed by atoms with E-state index in [1.807, 2.05) is 13.0 Å². The molecule has 0 unspecified atom stereocenters. The minimum atomic E-state index is -0.655. The molecule has 1 aliphatic heterocycles. The van der Waals surface area contributed by atoms with Crippen molar-refractivity contribution < 1.29 is 28.5 Å². The number of allylic oxidation sites excluding steroid dienone is 2. The third kappa shape index (κ3) is 8.96. The smallest absolute Gasteiger partial charge is 0.311 e. The van der Waals surface area contributed by atoms with Gasteiger partial charge in [-0.25, -0.2) is 0 Å². The van der Waals surface area contributed by atoms with Crippen molar-refractivity contribution in [3.63, 3.8) is 0 Å². The molecule has 0 saturated carbocycles. The summed E-state index contributed by atoms with van der Waals surface area (Å²) < 4.78 is 22.6. The molecule has 1 aliphatic rings. The summed E-state index contributed by atoms with van der Waals surface area (Å²) in [6.45, 7) is 16.8. The second-order valence-corrected chi connectivity index (χ2v) is 9.21. The Morgan fingerprint density at radius 3 is 2.24 bits per heavy atom. The Hall–Kier alpha value is -1.92. The number of carbonyl (C=O) groups is 2. The van der Waals surface area contributed by atoms with Crippen LogP contribution in [0.2, 0.25) is 0 Å². The fourth-order valence-corrected chi connectivity index (χ4v) is 2.19. The Labute approximate surface area is 174 Å². The second-order valence-electron chi connectivity index (χ2n) is 9.21. The fraction of sp³-hybridized carbons (Fsp3) is 0.652. The van der Waals surface area contributed by atoms with Crippen LogP contribution in [-0.4, -0.2) is 43.7 Å². The highest BCUT2D eigenvalue weighted by Crippen LogP contribution is 2.24. The fourth-order valence-electron chi connectivity index (χ4n) is 2.19. The molecule has 0 aromatic carbocycles. The third-order valence-corrected chi connectivity index (χ3v) is 4.17. The van der Waals surface area contributed by atoms with Gasteiger partial charge in [0, 0.05) is 0 Å². The number of hydrogen-bond acceptors (Lipinski definition) is 6. The lowest BCUT2D eigenvalue weighted by molar-refractivity contribution is -0.202. The molecule has 164 valence electrons. The number of carbonyl (C=O) groups excluding carboxylic acids is 2. The predicted octanol–water partition coefficient (Wildman–Crippen LogP) is 4.35. The summed E-state index contributed by atoms with van der Waals surface area (Å²) in [5, 5.41) is 0. The van der Waals surface area contributed by atoms with Crippen molar-refractivity contribution in [2.24, 2.45) is 10.8 Å². The minimum absolute atomic E-state index is 0.0299. The first-order valence-corrected chi connectivity index (χ1v) is 9.97. The van der Waals surface area contributed by atoms with Gasteiger partial charge in [-0.3, -0.25) is 9.59 Å². The zero-order valence-electron chi connectivity index (χ0n) is 18.8. The van der Waals surface area contributed by atoms with Gasteiger partial charge in [-0.15, -0.1) is 0 Å². The maximum absolute atomic E-state index is 12.3. The highest BCUT2D eigenvalue weighted by molar-refractivity contribution is 5.76. The van der Waals surface area contributed by atoms with Gasteiger partial charge in [-0.2, -0.15) is 0 Å². The van der Waals surface area contributed by atoms with Gasteiger partial charge in [0.1, 0.15) is 18.8 Å². The molecule has 0 bridgehead atoms. The Morgan fingerprint density at radius 1 is 1.07 bits per heavy atom. The molecule has 0 N–H and O–H groups in total. The average Bonchev–Trinajstić information content (AvgIpc) is 2.62. The van der Waals surface area contributed by atoms with Gasteiger partial charge in [0.2, 0.25) is 0 Å². The van der Waals surface area contributed by atoms with E-state index in [0.29, 0.717) is 6.61 Å². The zero-order chi connectivity index (χ0) is 22.2. The second kappa shape index (κ2) is 10.7. The molecule has 6 heteroatoms. The van der Waals surface area contributed by atoms with E-state index in [9.17, 15) is 9.59 Å². The highest BCUT2D eigenvalue weighted by atomic mass is 16.7. The lowest BCUT2D eigenvalue weighted by atomic mass is 9.97. The van der Waals surface area contributed by atoms with E-state index in [1.165, 1.54) is 0 Å². The maximum atomic E-state index is 12.3. The summed E-state index contributed by atoms with van der Waals surface area (Å²) >= 11 is 0. The molecular weight excluding hydrogens is 372 g/mol. The van der Waals surface area contributed by atoms with Crippen molar-refractivity contribution in [1.82, 2.24) is 0 Å². The first-order chi connectivity index (χ1) is 13.3. The third-order valence-electron chi connectivity index (χ3n) is 4.17. The molecule has 0 radical (unpaired) electrons. The number of ether oxygens (including phenoxy) is 4. The summed E-state index contributed by atoms with van der Waals surface area (Å²) in [6, 6.07) is 0. The maximum Gasteiger partial charge on any atom is 0.311 e. The lowest BCUT2D eigenvalue weighted by Gasteiger charge is -2.33. The predicted molar refractivity (Wildman–Crippen MR) is 112 cm³/mol. The molecule has 1 rings (SSSR count). The van der Waals surface area contributed by atoms with Crippen LogP contribution >= 0.6 is 0 Å². The quantitative estimate of drug-likeness (QED) is 0.257. The average molecular weight is 409 g/mol. The van der Waals surface area contributed by atoms with Gasteiger partial charge in [0.05, 0.1) is 17.4 Å². The SMILES string of the molecule is C=C/C(C)=C/CCO[C@@H]1C=C[C@H](OC(=O)C(C)(C)C)[C@@H](COC(=O)C(C)(C)C)O1. The van der Waals surface area contributed by atoms with E-state index in [1.54, 1.807) is 59.8 Å². The van der Waals surface area contributed by atoms with Crippen LogP contribution in [0.15, 0.2) is 36.5 Å². The van der Waals surface area contributed by atoms with Gasteiger partial charge in [0.25, 0.3) is 0 Å². The Bertz CT molecular complexity index is 633. The normalized spacial score (nSPS) is 22.9. The van der Waals surface area contributed by atoms with E-state index in [0.717, 1.165) is 12.0 Å². The molecule has 0 spiro atoms. The van der Waals surface area contributed by atoms with Gasteiger partial charge in [-0.05, 0) is 67.0 Å². The minimum Gasteiger partial charge on any atom is -0.462 e. The van der Waals surface area contributed by atoms with E-state index in [2.05, 4.69) is 6.58 Å². The lowest BCUT2D eigenvalue weighted by Crippen LogP contribution is -2.44. The molecule has 0 aromatic rings. The first kappa shape index (κ1) is 25.1. The summed E-state index contributed by atoms with van der Waals surface area (Å²) in [5.74, 6) is -0.702. The molecule has 0 fully saturated rings. The van der Waals surface area contributed by atoms with Crippen molar-refractivity contribution >= 4 is 11.9 Å². The van der Waals surface area contributed by atoms with Gasteiger partial charge < -0.3 is 18.9 Å². The number of hydrogen-bond donors (Lipinski definition) is 0. The van der Waals surface area contributed by atoms with Crippen molar-refractivity contribution in [1.29, 1.82) is 0 Å². The van der Waals surface area contributed by atoms with Crippen LogP contribution in [0.4, 0.5) is 0 Å². The Morgan fingerprint density at radius 2 is 1.69 bits per heavy atom. The van der Waals surface area contributed by atoms with Crippen LogP contribution in [-0.2, 0) is 28.5 Å². The van der Waals surface area contributed by atoms with Crippen molar-refractivity contribution in [2.45, 2.75) is 73.4 Å². The van der Waals surface area contributed by atoms with Crippen LogP contribution in [0.5, 0.6) is 0 Å². The molecule has 0 aliphatic carbocycles. The Kier molecular flexibility index (Phi) is 9.30. The van der Waals surface area contributed by atoms with E-state index in [-0.39, 0.29) is 18.5 Å². The number of esters is 2. The van der Waals surface area contributed by atoms with Crippen LogP contribution in [0.25, 0.3) is 0 Å². The van der Waals surface area contributed by atoms with Crippen LogP contribution < -0.4 is 0 Å². The largest absolute Gasteiger partial charge is 0.462 e. The highest BCUT2D eigenvalue weighted by Gasteiger charge is 2.35.